The molecule has 1 amide bonds. The van der Waals surface area contributed by atoms with Crippen molar-refractivity contribution < 1.29 is 42.2 Å². The van der Waals surface area contributed by atoms with Gasteiger partial charge in [-0.05, 0) is 31.0 Å². The number of hydrogen-bond acceptors (Lipinski definition) is 2. The Hall–Kier alpha value is -0.0861. The van der Waals surface area contributed by atoms with Gasteiger partial charge in [-0.1, -0.05) is 34.9 Å². The average Bonchev–Trinajstić information content (AvgIpc) is 2.51. The number of hydrogen-bond donors (Lipinski definition) is 0. The maximum atomic E-state index is 12.3. The molecule has 0 saturated carbocycles. The Bertz CT molecular complexity index is 666. The summed E-state index contributed by atoms with van der Waals surface area (Å²) in [6.07, 6.45) is 3.90. The van der Waals surface area contributed by atoms with Gasteiger partial charge in [0.05, 0.1) is 3.92 Å². The molecule has 0 bridgehead atoms. The summed E-state index contributed by atoms with van der Waals surface area (Å²) in [5, 5.41) is 0.544. The van der Waals surface area contributed by atoms with Crippen LogP contribution in [0.4, 0.5) is 0 Å². The van der Waals surface area contributed by atoms with Gasteiger partial charge in [-0.2, -0.15) is 0 Å². The minimum atomic E-state index is -0.0599. The van der Waals surface area contributed by atoms with Crippen LogP contribution in [0, 0.1) is 17.9 Å². The number of benzene rings is 1. The van der Waals surface area contributed by atoms with E-state index in [1.165, 1.54) is 0 Å². The van der Waals surface area contributed by atoms with Crippen LogP contribution in [0.25, 0.3) is 5.70 Å². The molecular weight excluding hydrogens is 501 g/mol. The largest absolute Gasteiger partial charge is 0.481 e. The SMILES string of the molecule is CC#CCOc1ccc(C2=[C-]CC(I)C(=O)N2CC)c(Cl)c1.[Y]. The van der Waals surface area contributed by atoms with Crippen LogP contribution in [-0.2, 0) is 37.5 Å². The Morgan fingerprint density at radius 2 is 2.26 bits per heavy atom. The van der Waals surface area contributed by atoms with Crippen molar-refractivity contribution in [3.05, 3.63) is 34.9 Å². The molecule has 1 atom stereocenters. The molecule has 0 aliphatic carbocycles. The third-order valence-corrected chi connectivity index (χ3v) is 4.54. The van der Waals surface area contributed by atoms with Crippen molar-refractivity contribution in [2.45, 2.75) is 24.2 Å². The molecular formula is C17H16ClINO2Y-. The van der Waals surface area contributed by atoms with Crippen LogP contribution in [0.2, 0.25) is 5.02 Å². The number of alkyl halides is 1. The minimum absolute atomic E-state index is 0. The number of carbonyl (C=O) groups is 1. The van der Waals surface area contributed by atoms with E-state index in [1.54, 1.807) is 17.9 Å². The summed E-state index contributed by atoms with van der Waals surface area (Å²) >= 11 is 8.52. The molecule has 0 fully saturated rings. The van der Waals surface area contributed by atoms with E-state index in [9.17, 15) is 4.79 Å². The first-order chi connectivity index (χ1) is 10.6. The summed E-state index contributed by atoms with van der Waals surface area (Å²) in [6.45, 7) is 4.64. The van der Waals surface area contributed by atoms with Crippen molar-refractivity contribution in [2.24, 2.45) is 0 Å². The van der Waals surface area contributed by atoms with E-state index in [0.29, 0.717) is 30.3 Å². The van der Waals surface area contributed by atoms with Gasteiger partial charge in [0.25, 0.3) is 0 Å². The van der Waals surface area contributed by atoms with Gasteiger partial charge in [0.15, 0.2) is 0 Å². The number of amides is 1. The van der Waals surface area contributed by atoms with Crippen LogP contribution in [0.3, 0.4) is 0 Å². The zero-order valence-corrected chi connectivity index (χ0v) is 18.8. The van der Waals surface area contributed by atoms with Gasteiger partial charge in [-0.3, -0.25) is 4.79 Å². The molecule has 1 unspecified atom stereocenters. The third kappa shape index (κ3) is 5.19. The topological polar surface area (TPSA) is 29.5 Å². The van der Waals surface area contributed by atoms with Gasteiger partial charge in [-0.15, -0.1) is 34.8 Å². The predicted molar refractivity (Wildman–Crippen MR) is 96.9 cm³/mol. The molecule has 1 aromatic carbocycles. The van der Waals surface area contributed by atoms with Gasteiger partial charge in [0.2, 0.25) is 5.91 Å². The van der Waals surface area contributed by atoms with Gasteiger partial charge in [0, 0.05) is 39.3 Å². The number of halogens is 2. The second kappa shape index (κ2) is 10.0. The van der Waals surface area contributed by atoms with E-state index in [4.69, 9.17) is 16.3 Å². The first-order valence-corrected chi connectivity index (χ1v) is 8.59. The Kier molecular flexibility index (Phi) is 9.14. The molecule has 3 nitrogen and oxygen atoms in total. The molecule has 0 aromatic heterocycles. The molecule has 0 N–H and O–H groups in total. The summed E-state index contributed by atoms with van der Waals surface area (Å²) in [7, 11) is 0. The fraction of sp³-hybridized carbons (Fsp3) is 0.353. The molecule has 119 valence electrons. The maximum absolute atomic E-state index is 12.3. The van der Waals surface area contributed by atoms with E-state index in [1.807, 2.05) is 19.1 Å². The first kappa shape index (κ1) is 21.0. The standard InChI is InChI=1S/C17H16ClINO2.Y/c1-3-5-10-22-12-6-7-13(14(18)11-12)16-9-8-15(19)17(21)20(16)4-2;/h6-7,11,15H,4,8,10H2,1-2H3;/q-1;. The molecule has 2 rings (SSSR count). The van der Waals surface area contributed by atoms with E-state index >= 15 is 0 Å². The van der Waals surface area contributed by atoms with E-state index < -0.39 is 0 Å². The fourth-order valence-corrected chi connectivity index (χ4v) is 2.99. The van der Waals surface area contributed by atoms with Gasteiger partial charge < -0.3 is 9.64 Å². The van der Waals surface area contributed by atoms with Gasteiger partial charge in [0.1, 0.15) is 12.4 Å². The first-order valence-electron chi connectivity index (χ1n) is 6.97. The average molecular weight is 518 g/mol. The summed E-state index contributed by atoms with van der Waals surface area (Å²) in [6, 6.07) is 5.45. The predicted octanol–water partition coefficient (Wildman–Crippen LogP) is 3.94. The fourth-order valence-electron chi connectivity index (χ4n) is 2.17. The van der Waals surface area contributed by atoms with Crippen molar-refractivity contribution >= 4 is 45.8 Å². The Morgan fingerprint density at radius 1 is 1.52 bits per heavy atom. The maximum Gasteiger partial charge on any atom is 0.235 e. The summed E-state index contributed by atoms with van der Waals surface area (Å²) in [4.78, 5) is 14.0. The molecule has 1 aliphatic heterocycles. The number of nitrogens with zero attached hydrogens (tertiary/aromatic N) is 1. The van der Waals surface area contributed by atoms with Crippen LogP contribution in [0.1, 0.15) is 25.8 Å². The van der Waals surface area contributed by atoms with E-state index in [2.05, 4.69) is 40.5 Å². The minimum Gasteiger partial charge on any atom is -0.481 e. The number of ether oxygens (including phenoxy) is 1. The summed E-state index contributed by atoms with van der Waals surface area (Å²) in [5.41, 5.74) is 1.56. The van der Waals surface area contributed by atoms with Crippen LogP contribution in [0.5, 0.6) is 5.75 Å². The van der Waals surface area contributed by atoms with Crippen LogP contribution < -0.4 is 4.74 Å². The van der Waals surface area contributed by atoms with E-state index in [-0.39, 0.29) is 42.5 Å². The van der Waals surface area contributed by atoms with Crippen molar-refractivity contribution in [2.75, 3.05) is 13.2 Å². The molecule has 23 heavy (non-hydrogen) atoms. The summed E-state index contributed by atoms with van der Waals surface area (Å²) < 4.78 is 5.43. The zero-order valence-electron chi connectivity index (χ0n) is 13.0. The molecule has 1 heterocycles. The molecule has 6 heteroatoms. The zero-order chi connectivity index (χ0) is 16.1. The Balaban J connectivity index is 0.00000264. The van der Waals surface area contributed by atoms with Crippen LogP contribution in [-0.4, -0.2) is 27.9 Å². The Labute approximate surface area is 181 Å². The summed E-state index contributed by atoms with van der Waals surface area (Å²) in [5.74, 6) is 6.37. The second-order valence-corrected chi connectivity index (χ2v) is 6.55. The molecule has 1 radical (unpaired) electrons. The van der Waals surface area contributed by atoms with Crippen LogP contribution in [0.15, 0.2) is 18.2 Å². The monoisotopic (exact) mass is 517 g/mol. The number of carbonyl (C=O) groups excluding carboxylic acids is 1. The normalized spacial score (nSPS) is 16.9. The van der Waals surface area contributed by atoms with Gasteiger partial charge in [-0.25, -0.2) is 6.08 Å². The smallest absolute Gasteiger partial charge is 0.235 e. The molecule has 0 saturated heterocycles. The second-order valence-electron chi connectivity index (χ2n) is 4.64. The van der Waals surface area contributed by atoms with Crippen LogP contribution >= 0.6 is 34.2 Å². The van der Waals surface area contributed by atoms with Crippen molar-refractivity contribution in [1.82, 2.24) is 4.90 Å². The van der Waals surface area contributed by atoms with Crippen molar-refractivity contribution in [3.63, 3.8) is 0 Å². The molecule has 0 spiro atoms. The van der Waals surface area contributed by atoms with Gasteiger partial charge >= 0.3 is 0 Å². The molecule has 1 aliphatic rings. The molecule has 1 aromatic rings. The third-order valence-electron chi connectivity index (χ3n) is 3.25. The number of allylic oxidation sites excluding steroid dienone is 1. The quantitative estimate of drug-likeness (QED) is 0.262. The van der Waals surface area contributed by atoms with E-state index in [0.717, 1.165) is 11.3 Å². The van der Waals surface area contributed by atoms with Crippen molar-refractivity contribution in [3.8, 4) is 17.6 Å². The number of rotatable bonds is 4. The van der Waals surface area contributed by atoms with Crippen molar-refractivity contribution in [1.29, 1.82) is 0 Å². The Morgan fingerprint density at radius 3 is 2.87 bits per heavy atom.